The fourth-order valence-electron chi connectivity index (χ4n) is 2.38. The maximum Gasteiger partial charge on any atom is 0.371 e. The number of benzene rings is 2. The number of methoxy groups -OCH3 is 1. The van der Waals surface area contributed by atoms with Gasteiger partial charge in [0.15, 0.2) is 0 Å². The van der Waals surface area contributed by atoms with Gasteiger partial charge in [-0.05, 0) is 48.5 Å². The predicted molar refractivity (Wildman–Crippen MR) is 103 cm³/mol. The Bertz CT molecular complexity index is 1090. The SMILES string of the molecule is COc1cc(NS(=O)(=O)c2ccc(Br)cc2)ccc1-c1ccc(C(=O)O)o1. The van der Waals surface area contributed by atoms with Crippen LogP contribution in [0, 0.1) is 0 Å². The van der Waals surface area contributed by atoms with E-state index in [1.54, 1.807) is 18.2 Å². The third-order valence-corrected chi connectivity index (χ3v) is 5.59. The number of halogens is 1. The van der Waals surface area contributed by atoms with E-state index >= 15 is 0 Å². The first kappa shape index (κ1) is 19.0. The highest BCUT2D eigenvalue weighted by molar-refractivity contribution is 9.10. The van der Waals surface area contributed by atoms with Crippen LogP contribution in [0.25, 0.3) is 11.3 Å². The molecule has 0 aliphatic rings. The first-order valence-electron chi connectivity index (χ1n) is 7.60. The highest BCUT2D eigenvalue weighted by atomic mass is 79.9. The van der Waals surface area contributed by atoms with Crippen LogP contribution in [0.4, 0.5) is 5.69 Å². The van der Waals surface area contributed by atoms with Crippen molar-refractivity contribution in [3.8, 4) is 17.1 Å². The Labute approximate surface area is 163 Å². The molecule has 0 atom stereocenters. The highest BCUT2D eigenvalue weighted by Gasteiger charge is 2.17. The zero-order valence-electron chi connectivity index (χ0n) is 14.0. The molecule has 3 aromatic rings. The molecule has 0 unspecified atom stereocenters. The normalized spacial score (nSPS) is 11.2. The molecule has 0 radical (unpaired) electrons. The summed E-state index contributed by atoms with van der Waals surface area (Å²) in [7, 11) is -2.34. The van der Waals surface area contributed by atoms with Crippen LogP contribution in [0.2, 0.25) is 0 Å². The molecule has 0 bridgehead atoms. The first-order valence-corrected chi connectivity index (χ1v) is 9.88. The van der Waals surface area contributed by atoms with E-state index in [1.807, 2.05) is 0 Å². The van der Waals surface area contributed by atoms with Crippen molar-refractivity contribution in [1.82, 2.24) is 0 Å². The third kappa shape index (κ3) is 4.15. The van der Waals surface area contributed by atoms with Crippen LogP contribution < -0.4 is 9.46 Å². The quantitative estimate of drug-likeness (QED) is 0.580. The van der Waals surface area contributed by atoms with E-state index in [1.165, 1.54) is 43.5 Å². The van der Waals surface area contributed by atoms with Gasteiger partial charge in [-0.3, -0.25) is 4.72 Å². The fraction of sp³-hybridized carbons (Fsp3) is 0.0556. The average molecular weight is 452 g/mol. The summed E-state index contributed by atoms with van der Waals surface area (Å²) in [6.07, 6.45) is 0. The standard InChI is InChI=1S/C18H14BrNO6S/c1-25-17-10-12(20-27(23,24)13-5-2-11(19)3-6-13)4-7-14(17)15-8-9-16(26-15)18(21)22/h2-10,20H,1H3,(H,21,22). The largest absolute Gasteiger partial charge is 0.496 e. The van der Waals surface area contributed by atoms with Gasteiger partial charge in [0.2, 0.25) is 5.76 Å². The van der Waals surface area contributed by atoms with Crippen LogP contribution in [0.5, 0.6) is 5.75 Å². The van der Waals surface area contributed by atoms with E-state index < -0.39 is 16.0 Å². The maximum atomic E-state index is 12.5. The molecule has 2 aromatic carbocycles. The minimum absolute atomic E-state index is 0.117. The second kappa shape index (κ2) is 7.45. The van der Waals surface area contributed by atoms with Crippen molar-refractivity contribution in [3.63, 3.8) is 0 Å². The lowest BCUT2D eigenvalue weighted by molar-refractivity contribution is 0.0663. The topological polar surface area (TPSA) is 106 Å². The molecule has 140 valence electrons. The zero-order chi connectivity index (χ0) is 19.6. The predicted octanol–water partition coefficient (Wildman–Crippen LogP) is 4.22. The van der Waals surface area contributed by atoms with E-state index in [0.717, 1.165) is 4.47 Å². The van der Waals surface area contributed by atoms with Gasteiger partial charge in [0, 0.05) is 10.5 Å². The molecule has 0 amide bonds. The number of carboxylic acids is 1. The summed E-state index contributed by atoms with van der Waals surface area (Å²) in [6, 6.07) is 13.7. The zero-order valence-corrected chi connectivity index (χ0v) is 16.4. The van der Waals surface area contributed by atoms with Crippen molar-refractivity contribution < 1.29 is 27.5 Å². The molecule has 2 N–H and O–H groups in total. The number of rotatable bonds is 6. The molecule has 0 fully saturated rings. The number of furan rings is 1. The highest BCUT2D eigenvalue weighted by Crippen LogP contribution is 2.34. The van der Waals surface area contributed by atoms with E-state index in [9.17, 15) is 13.2 Å². The second-order valence-corrected chi connectivity index (χ2v) is 8.04. The Kier molecular flexibility index (Phi) is 5.24. The molecular weight excluding hydrogens is 438 g/mol. The van der Waals surface area contributed by atoms with Crippen molar-refractivity contribution >= 4 is 37.6 Å². The van der Waals surface area contributed by atoms with Gasteiger partial charge in [-0.1, -0.05) is 15.9 Å². The van der Waals surface area contributed by atoms with Gasteiger partial charge >= 0.3 is 5.97 Å². The number of hydrogen-bond acceptors (Lipinski definition) is 5. The molecule has 9 heteroatoms. The number of ether oxygens (including phenoxy) is 1. The fourth-order valence-corrected chi connectivity index (χ4v) is 3.70. The summed E-state index contributed by atoms with van der Waals surface area (Å²) in [4.78, 5) is 11.1. The molecule has 0 saturated heterocycles. The van der Waals surface area contributed by atoms with Gasteiger partial charge in [-0.2, -0.15) is 0 Å². The molecule has 0 aliphatic carbocycles. The van der Waals surface area contributed by atoms with Crippen molar-refractivity contribution in [2.24, 2.45) is 0 Å². The molecule has 7 nitrogen and oxygen atoms in total. The summed E-state index contributed by atoms with van der Waals surface area (Å²) in [5, 5.41) is 8.96. The van der Waals surface area contributed by atoms with Crippen LogP contribution in [-0.4, -0.2) is 26.6 Å². The van der Waals surface area contributed by atoms with Gasteiger partial charge in [-0.25, -0.2) is 13.2 Å². The number of nitrogens with one attached hydrogen (secondary N) is 1. The first-order chi connectivity index (χ1) is 12.8. The molecule has 1 heterocycles. The molecule has 0 aliphatic heterocycles. The monoisotopic (exact) mass is 451 g/mol. The Balaban J connectivity index is 1.91. The number of aromatic carboxylic acids is 1. The van der Waals surface area contributed by atoms with Crippen LogP contribution >= 0.6 is 15.9 Å². The number of anilines is 1. The van der Waals surface area contributed by atoms with E-state index in [4.69, 9.17) is 14.3 Å². The van der Waals surface area contributed by atoms with Crippen LogP contribution in [0.3, 0.4) is 0 Å². The summed E-state index contributed by atoms with van der Waals surface area (Å²) in [6.45, 7) is 0. The van der Waals surface area contributed by atoms with Crippen molar-refractivity contribution in [3.05, 3.63) is 64.8 Å². The summed E-state index contributed by atoms with van der Waals surface area (Å²) in [5.74, 6) is -0.755. The van der Waals surface area contributed by atoms with E-state index in [-0.39, 0.29) is 10.7 Å². The van der Waals surface area contributed by atoms with Crippen LogP contribution in [0.1, 0.15) is 10.6 Å². The molecule has 1 aromatic heterocycles. The molecule has 0 saturated carbocycles. The minimum Gasteiger partial charge on any atom is -0.496 e. The Morgan fingerprint density at radius 3 is 2.41 bits per heavy atom. The molecule has 0 spiro atoms. The van der Waals surface area contributed by atoms with Crippen molar-refractivity contribution in [1.29, 1.82) is 0 Å². The van der Waals surface area contributed by atoms with Gasteiger partial charge in [0.1, 0.15) is 11.5 Å². The number of hydrogen-bond donors (Lipinski definition) is 2. The lowest BCUT2D eigenvalue weighted by atomic mass is 10.1. The van der Waals surface area contributed by atoms with Gasteiger partial charge in [0.25, 0.3) is 10.0 Å². The summed E-state index contributed by atoms with van der Waals surface area (Å²) in [5.41, 5.74) is 0.792. The minimum atomic E-state index is -3.77. The lowest BCUT2D eigenvalue weighted by Gasteiger charge is -2.12. The van der Waals surface area contributed by atoms with E-state index in [2.05, 4.69) is 20.7 Å². The van der Waals surface area contributed by atoms with Gasteiger partial charge < -0.3 is 14.3 Å². The van der Waals surface area contributed by atoms with Gasteiger partial charge in [-0.15, -0.1) is 0 Å². The number of carbonyl (C=O) groups is 1. The molecule has 27 heavy (non-hydrogen) atoms. The number of carboxylic acid groups (broad SMARTS) is 1. The Morgan fingerprint density at radius 1 is 1.11 bits per heavy atom. The van der Waals surface area contributed by atoms with Crippen LogP contribution in [-0.2, 0) is 10.0 Å². The Hall–Kier alpha value is -2.78. The van der Waals surface area contributed by atoms with E-state index in [0.29, 0.717) is 22.8 Å². The number of sulfonamides is 1. The second-order valence-electron chi connectivity index (χ2n) is 5.44. The van der Waals surface area contributed by atoms with Crippen molar-refractivity contribution in [2.75, 3.05) is 11.8 Å². The Morgan fingerprint density at radius 2 is 1.81 bits per heavy atom. The molecule has 3 rings (SSSR count). The summed E-state index contributed by atoms with van der Waals surface area (Å²) < 4.78 is 38.8. The van der Waals surface area contributed by atoms with Crippen LogP contribution in [0.15, 0.2) is 68.4 Å². The smallest absolute Gasteiger partial charge is 0.371 e. The lowest BCUT2D eigenvalue weighted by Crippen LogP contribution is -2.12. The third-order valence-electron chi connectivity index (χ3n) is 3.66. The van der Waals surface area contributed by atoms with Crippen molar-refractivity contribution in [2.45, 2.75) is 4.90 Å². The average Bonchev–Trinajstić information content (AvgIpc) is 3.12. The summed E-state index contributed by atoms with van der Waals surface area (Å²) >= 11 is 3.26. The maximum absolute atomic E-state index is 12.5. The molecular formula is C18H14BrNO6S. The van der Waals surface area contributed by atoms with Gasteiger partial charge in [0.05, 0.1) is 23.3 Å².